The number of amides is 1. The van der Waals surface area contributed by atoms with Gasteiger partial charge >= 0.3 is 11.9 Å². The zero-order valence-electron chi connectivity index (χ0n) is 21.0. The Kier molecular flexibility index (Phi) is 7.54. The summed E-state index contributed by atoms with van der Waals surface area (Å²) in [6.45, 7) is 6.35. The van der Waals surface area contributed by atoms with E-state index in [-0.39, 0.29) is 40.7 Å². The minimum atomic E-state index is -1.26. The molecule has 5 aliphatic rings. The summed E-state index contributed by atoms with van der Waals surface area (Å²) < 4.78 is 0. The molecule has 3 aliphatic carbocycles. The fraction of sp³-hybridized carbons (Fsp3) is 0.731. The molecule has 10 nitrogen and oxygen atoms in total. The average molecular weight is 504 g/mol. The zero-order chi connectivity index (χ0) is 26.1. The van der Waals surface area contributed by atoms with E-state index in [1.165, 1.54) is 0 Å². The number of carbonyl (C=O) groups excluding carboxylic acids is 2. The molecular formula is C26H37N3O7. The van der Waals surface area contributed by atoms with Crippen LogP contribution in [0.2, 0.25) is 0 Å². The van der Waals surface area contributed by atoms with Gasteiger partial charge in [-0.15, -0.1) is 0 Å². The van der Waals surface area contributed by atoms with Gasteiger partial charge in [0.25, 0.3) is 0 Å². The van der Waals surface area contributed by atoms with Crippen molar-refractivity contribution in [3.8, 4) is 0 Å². The van der Waals surface area contributed by atoms with Crippen molar-refractivity contribution in [1.29, 1.82) is 0 Å². The van der Waals surface area contributed by atoms with Crippen molar-refractivity contribution in [3.05, 3.63) is 12.2 Å². The normalized spacial score (nSPS) is 40.5. The summed E-state index contributed by atoms with van der Waals surface area (Å²) in [5, 5.41) is 26.8. The maximum absolute atomic E-state index is 13.2. The van der Waals surface area contributed by atoms with Crippen molar-refractivity contribution >= 4 is 29.3 Å². The number of nitrogens with one attached hydrogen (secondary N) is 2. The Morgan fingerprint density at radius 3 is 2.39 bits per heavy atom. The van der Waals surface area contributed by atoms with Crippen LogP contribution in [0.4, 0.5) is 0 Å². The van der Waals surface area contributed by atoms with E-state index in [0.717, 1.165) is 63.7 Å². The van der Waals surface area contributed by atoms with Crippen molar-refractivity contribution in [2.45, 2.75) is 77.4 Å². The molecule has 0 spiro atoms. The first-order valence-corrected chi connectivity index (χ1v) is 12.9. The first-order valence-electron chi connectivity index (χ1n) is 12.9. The molecule has 0 aromatic rings. The predicted octanol–water partition coefficient (Wildman–Crippen LogP) is 2.13. The summed E-state index contributed by atoms with van der Waals surface area (Å²) in [5.74, 6) is -1.33. The summed E-state index contributed by atoms with van der Waals surface area (Å²) in [6, 6.07) is 0.139. The van der Waals surface area contributed by atoms with Gasteiger partial charge in [0.1, 0.15) is 11.9 Å². The Labute approximate surface area is 210 Å². The van der Waals surface area contributed by atoms with Gasteiger partial charge < -0.3 is 25.7 Å². The summed E-state index contributed by atoms with van der Waals surface area (Å²) in [6.07, 6.45) is 8.60. The molecule has 2 saturated heterocycles. The third-order valence-electron chi connectivity index (χ3n) is 9.35. The lowest BCUT2D eigenvalue weighted by atomic mass is 9.49. The molecular weight excluding hydrogens is 466 g/mol. The summed E-state index contributed by atoms with van der Waals surface area (Å²) >= 11 is 0. The molecule has 1 amide bonds. The highest BCUT2D eigenvalue weighted by atomic mass is 16.6. The molecule has 3 saturated carbocycles. The van der Waals surface area contributed by atoms with E-state index >= 15 is 0 Å². The lowest BCUT2D eigenvalue weighted by Crippen LogP contribution is -2.65. The van der Waals surface area contributed by atoms with Gasteiger partial charge in [-0.3, -0.25) is 9.59 Å². The number of aliphatic carboxylic acids is 2. The molecule has 4 N–H and O–H groups in total. The Bertz CT molecular complexity index is 957. The van der Waals surface area contributed by atoms with E-state index in [1.807, 2.05) is 0 Å². The van der Waals surface area contributed by atoms with Gasteiger partial charge in [0.05, 0.1) is 5.71 Å². The molecule has 5 fully saturated rings. The van der Waals surface area contributed by atoms with Crippen molar-refractivity contribution in [1.82, 2.24) is 10.6 Å². The fourth-order valence-electron chi connectivity index (χ4n) is 7.20. The number of hydrogen-bond donors (Lipinski definition) is 4. The molecule has 7 atom stereocenters. The SMILES string of the molecule is C[C@]12CC/C(=N/O[C@@H]3CCNC3)CC1NC(=O)[C@@H]1[C@@H]2CC[C@]2(C)C(=O)CC[C@@H]12.O=C(O)/C=C/C(=O)O. The Morgan fingerprint density at radius 1 is 1.03 bits per heavy atom. The summed E-state index contributed by atoms with van der Waals surface area (Å²) in [7, 11) is 0. The van der Waals surface area contributed by atoms with Crippen molar-refractivity contribution in [2.75, 3.05) is 13.1 Å². The van der Waals surface area contributed by atoms with Gasteiger partial charge in [0, 0.05) is 55.3 Å². The van der Waals surface area contributed by atoms with Gasteiger partial charge in [-0.1, -0.05) is 19.0 Å². The topological polar surface area (TPSA) is 154 Å². The summed E-state index contributed by atoms with van der Waals surface area (Å²) in [4.78, 5) is 50.6. The summed E-state index contributed by atoms with van der Waals surface area (Å²) in [5.41, 5.74) is 0.913. The number of carbonyl (C=O) groups is 4. The van der Waals surface area contributed by atoms with Crippen molar-refractivity contribution in [2.24, 2.45) is 33.7 Å². The van der Waals surface area contributed by atoms with Gasteiger partial charge in [0.2, 0.25) is 5.91 Å². The van der Waals surface area contributed by atoms with Gasteiger partial charge in [-0.2, -0.15) is 0 Å². The quantitative estimate of drug-likeness (QED) is 0.336. The lowest BCUT2D eigenvalue weighted by Gasteiger charge is -2.58. The van der Waals surface area contributed by atoms with Gasteiger partial charge in [0.15, 0.2) is 0 Å². The van der Waals surface area contributed by atoms with Crippen molar-refractivity contribution in [3.63, 3.8) is 0 Å². The third-order valence-corrected chi connectivity index (χ3v) is 9.35. The molecule has 0 aromatic heterocycles. The highest BCUT2D eigenvalue weighted by molar-refractivity contribution is 5.91. The number of Topliss-reactive ketones (excluding diaryl/α,β-unsaturated/α-hetero) is 1. The highest BCUT2D eigenvalue weighted by Gasteiger charge is 2.62. The number of oxime groups is 1. The molecule has 10 heteroatoms. The number of fused-ring (bicyclic) bond motifs is 5. The van der Waals surface area contributed by atoms with E-state index in [0.29, 0.717) is 30.3 Å². The molecule has 0 bridgehead atoms. The molecule has 0 aromatic carbocycles. The second-order valence-electron chi connectivity index (χ2n) is 11.3. The molecule has 0 radical (unpaired) electrons. The minimum absolute atomic E-state index is 0.00533. The smallest absolute Gasteiger partial charge is 0.328 e. The van der Waals surface area contributed by atoms with E-state index in [1.54, 1.807) is 0 Å². The van der Waals surface area contributed by atoms with Gasteiger partial charge in [-0.25, -0.2) is 9.59 Å². The van der Waals surface area contributed by atoms with Crippen molar-refractivity contribution < 1.29 is 34.2 Å². The second kappa shape index (κ2) is 10.3. The van der Waals surface area contributed by atoms with Crippen LogP contribution in [0.3, 0.4) is 0 Å². The number of ketones is 1. The van der Waals surface area contributed by atoms with Crippen LogP contribution in [0.5, 0.6) is 0 Å². The molecule has 198 valence electrons. The van der Waals surface area contributed by atoms with Crippen LogP contribution in [-0.4, -0.2) is 64.8 Å². The third kappa shape index (κ3) is 5.05. The molecule has 2 aliphatic heterocycles. The van der Waals surface area contributed by atoms with E-state index < -0.39 is 11.9 Å². The van der Waals surface area contributed by atoms with Crippen LogP contribution in [-0.2, 0) is 24.0 Å². The Balaban J connectivity index is 0.000000331. The highest BCUT2D eigenvalue weighted by Crippen LogP contribution is 2.61. The number of piperidine rings is 1. The second-order valence-corrected chi connectivity index (χ2v) is 11.3. The van der Waals surface area contributed by atoms with E-state index in [2.05, 4.69) is 29.6 Å². The Hall–Kier alpha value is -2.75. The molecule has 5 rings (SSSR count). The minimum Gasteiger partial charge on any atom is -0.478 e. The first-order chi connectivity index (χ1) is 17.0. The standard InChI is InChI=1S/C22H33N3O3.C4H4O4/c1-21-8-5-13(25-28-14-7-10-23-12-14)11-17(21)24-20(27)19-15-3-4-18(26)22(15,2)9-6-16(19)21;5-3(6)1-2-4(7)8/h14-17,19,23H,3-12H2,1-2H3,(H,24,27);1-2H,(H,5,6)(H,7,8)/b25-13-;2-1+/t14-,15+,16+,17?,19+,21-,22+;/m1./s1. The van der Waals surface area contributed by atoms with Crippen LogP contribution in [0.15, 0.2) is 17.3 Å². The number of hydrogen-bond acceptors (Lipinski definition) is 7. The van der Waals surface area contributed by atoms with E-state index in [9.17, 15) is 19.2 Å². The number of nitrogens with zero attached hydrogens (tertiary/aromatic N) is 1. The van der Waals surface area contributed by atoms with Crippen LogP contribution in [0.1, 0.15) is 65.2 Å². The van der Waals surface area contributed by atoms with Crippen LogP contribution < -0.4 is 10.6 Å². The Morgan fingerprint density at radius 2 is 1.75 bits per heavy atom. The largest absolute Gasteiger partial charge is 0.478 e. The monoisotopic (exact) mass is 503 g/mol. The van der Waals surface area contributed by atoms with Crippen LogP contribution >= 0.6 is 0 Å². The maximum atomic E-state index is 13.2. The number of rotatable bonds is 4. The van der Waals surface area contributed by atoms with Crippen LogP contribution in [0, 0.1) is 28.6 Å². The maximum Gasteiger partial charge on any atom is 0.328 e. The molecule has 2 heterocycles. The first kappa shape index (κ1) is 26.3. The number of carboxylic acids is 2. The predicted molar refractivity (Wildman–Crippen MR) is 130 cm³/mol. The van der Waals surface area contributed by atoms with Gasteiger partial charge in [-0.05, 0) is 55.9 Å². The lowest BCUT2D eigenvalue weighted by molar-refractivity contribution is -0.153. The number of carboxylic acid groups (broad SMARTS) is 2. The molecule has 36 heavy (non-hydrogen) atoms. The van der Waals surface area contributed by atoms with Crippen LogP contribution in [0.25, 0.3) is 0 Å². The average Bonchev–Trinajstić information content (AvgIpc) is 3.45. The van der Waals surface area contributed by atoms with E-state index in [4.69, 9.17) is 15.1 Å². The zero-order valence-corrected chi connectivity index (χ0v) is 21.0. The molecule has 1 unspecified atom stereocenters. The fourth-order valence-corrected chi connectivity index (χ4v) is 7.20.